The zero-order chi connectivity index (χ0) is 16.4. The molecule has 124 valence electrons. The van der Waals surface area contributed by atoms with Gasteiger partial charge in [0.1, 0.15) is 17.9 Å². The van der Waals surface area contributed by atoms with Crippen molar-refractivity contribution < 1.29 is 9.21 Å². The van der Waals surface area contributed by atoms with E-state index in [2.05, 4.69) is 25.5 Å². The van der Waals surface area contributed by atoms with E-state index in [0.717, 1.165) is 31.0 Å². The highest BCUT2D eigenvalue weighted by Crippen LogP contribution is 2.22. The van der Waals surface area contributed by atoms with E-state index < -0.39 is 0 Å². The van der Waals surface area contributed by atoms with Crippen molar-refractivity contribution in [2.75, 3.05) is 18.0 Å². The molecular weight excluding hydrogens is 308 g/mol. The molecule has 0 saturated carbocycles. The van der Waals surface area contributed by atoms with Crippen LogP contribution in [0.25, 0.3) is 5.65 Å². The quantitative estimate of drug-likeness (QED) is 0.776. The number of furan rings is 1. The van der Waals surface area contributed by atoms with E-state index >= 15 is 0 Å². The van der Waals surface area contributed by atoms with Gasteiger partial charge in [-0.05, 0) is 37.1 Å². The minimum absolute atomic E-state index is 0.0490. The lowest BCUT2D eigenvalue weighted by Crippen LogP contribution is -2.43. The molecule has 0 unspecified atom stereocenters. The summed E-state index contributed by atoms with van der Waals surface area (Å²) in [5, 5.41) is 15.3. The number of piperidine rings is 1. The molecule has 1 fully saturated rings. The average Bonchev–Trinajstić information content (AvgIpc) is 3.30. The number of fused-ring (bicyclic) bond motifs is 1. The van der Waals surface area contributed by atoms with Crippen LogP contribution < -0.4 is 10.2 Å². The smallest absolute Gasteiger partial charge is 0.225 e. The van der Waals surface area contributed by atoms with Crippen molar-refractivity contribution in [3.63, 3.8) is 0 Å². The molecule has 1 saturated heterocycles. The van der Waals surface area contributed by atoms with Gasteiger partial charge in [0.15, 0.2) is 5.65 Å². The van der Waals surface area contributed by atoms with Gasteiger partial charge in [0, 0.05) is 13.1 Å². The number of amides is 1. The first-order valence-electron chi connectivity index (χ1n) is 8.02. The lowest BCUT2D eigenvalue weighted by atomic mass is 9.97. The summed E-state index contributed by atoms with van der Waals surface area (Å²) in [6.07, 6.45) is 5.03. The summed E-state index contributed by atoms with van der Waals surface area (Å²) in [7, 11) is 0. The Balaban J connectivity index is 1.41. The summed E-state index contributed by atoms with van der Waals surface area (Å²) in [4.78, 5) is 14.6. The Kier molecular flexibility index (Phi) is 3.86. The van der Waals surface area contributed by atoms with Crippen LogP contribution in [0.5, 0.6) is 0 Å². The van der Waals surface area contributed by atoms with E-state index in [1.165, 1.54) is 0 Å². The van der Waals surface area contributed by atoms with Gasteiger partial charge in [0.25, 0.3) is 0 Å². The summed E-state index contributed by atoms with van der Waals surface area (Å²) >= 11 is 0. The Morgan fingerprint density at radius 1 is 1.38 bits per heavy atom. The molecule has 4 rings (SSSR count). The van der Waals surface area contributed by atoms with Gasteiger partial charge < -0.3 is 14.6 Å². The van der Waals surface area contributed by atoms with Crippen LogP contribution in [0.4, 0.5) is 5.82 Å². The second-order valence-electron chi connectivity index (χ2n) is 5.91. The molecule has 0 radical (unpaired) electrons. The van der Waals surface area contributed by atoms with Gasteiger partial charge in [-0.3, -0.25) is 4.79 Å². The highest BCUT2D eigenvalue weighted by Gasteiger charge is 2.26. The number of nitrogens with zero attached hydrogens (tertiary/aromatic N) is 5. The van der Waals surface area contributed by atoms with Gasteiger partial charge in [-0.1, -0.05) is 0 Å². The number of anilines is 1. The first-order valence-corrected chi connectivity index (χ1v) is 8.02. The van der Waals surface area contributed by atoms with Gasteiger partial charge in [-0.2, -0.15) is 4.52 Å². The van der Waals surface area contributed by atoms with E-state index in [0.29, 0.717) is 18.7 Å². The van der Waals surface area contributed by atoms with Gasteiger partial charge in [-0.15, -0.1) is 15.3 Å². The molecule has 1 aliphatic rings. The molecule has 0 spiro atoms. The molecule has 0 aliphatic carbocycles. The predicted octanol–water partition coefficient (Wildman–Crippen LogP) is 1.25. The summed E-state index contributed by atoms with van der Waals surface area (Å²) in [6.45, 7) is 1.97. The summed E-state index contributed by atoms with van der Waals surface area (Å²) in [5.74, 6) is 1.61. The van der Waals surface area contributed by atoms with Crippen molar-refractivity contribution in [1.82, 2.24) is 25.1 Å². The lowest BCUT2D eigenvalue weighted by molar-refractivity contribution is -0.125. The van der Waals surface area contributed by atoms with Crippen molar-refractivity contribution in [1.29, 1.82) is 0 Å². The number of carbonyl (C=O) groups excluding carboxylic acids is 1. The van der Waals surface area contributed by atoms with E-state index in [4.69, 9.17) is 4.42 Å². The van der Waals surface area contributed by atoms with Crippen molar-refractivity contribution in [3.05, 3.63) is 42.6 Å². The second kappa shape index (κ2) is 6.31. The summed E-state index contributed by atoms with van der Waals surface area (Å²) in [5.41, 5.74) is 0.712. The van der Waals surface area contributed by atoms with Gasteiger partial charge in [0.2, 0.25) is 5.91 Å². The fourth-order valence-electron chi connectivity index (χ4n) is 3.02. The number of carbonyl (C=O) groups is 1. The fraction of sp³-hybridized carbons (Fsp3) is 0.375. The highest BCUT2D eigenvalue weighted by atomic mass is 16.3. The monoisotopic (exact) mass is 326 g/mol. The summed E-state index contributed by atoms with van der Waals surface area (Å²) < 4.78 is 6.89. The van der Waals surface area contributed by atoms with Crippen LogP contribution in [0.2, 0.25) is 0 Å². The molecule has 0 aromatic carbocycles. The van der Waals surface area contributed by atoms with E-state index in [-0.39, 0.29) is 11.8 Å². The van der Waals surface area contributed by atoms with E-state index in [1.54, 1.807) is 17.1 Å². The predicted molar refractivity (Wildman–Crippen MR) is 86.3 cm³/mol. The lowest BCUT2D eigenvalue weighted by Gasteiger charge is -2.32. The Morgan fingerprint density at radius 2 is 2.33 bits per heavy atom. The van der Waals surface area contributed by atoms with Crippen molar-refractivity contribution in [2.45, 2.75) is 19.4 Å². The van der Waals surface area contributed by atoms with Crippen LogP contribution in [-0.4, -0.2) is 38.8 Å². The fourth-order valence-corrected chi connectivity index (χ4v) is 3.02. The van der Waals surface area contributed by atoms with Gasteiger partial charge in [0.05, 0.1) is 18.7 Å². The second-order valence-corrected chi connectivity index (χ2v) is 5.91. The zero-order valence-corrected chi connectivity index (χ0v) is 13.1. The molecule has 24 heavy (non-hydrogen) atoms. The van der Waals surface area contributed by atoms with Crippen LogP contribution in [0.1, 0.15) is 18.6 Å². The Morgan fingerprint density at radius 3 is 3.21 bits per heavy atom. The maximum atomic E-state index is 12.4. The third kappa shape index (κ3) is 2.94. The molecule has 1 amide bonds. The minimum Gasteiger partial charge on any atom is -0.467 e. The zero-order valence-electron chi connectivity index (χ0n) is 13.1. The number of aromatic nitrogens is 4. The number of hydrogen-bond donors (Lipinski definition) is 1. The third-order valence-corrected chi connectivity index (χ3v) is 4.28. The SMILES string of the molecule is O=C(NCc1ccco1)[C@H]1CCCN(c2ccc3nncn3n2)C1. The van der Waals surface area contributed by atoms with E-state index in [1.807, 2.05) is 24.3 Å². The standard InChI is InChI=1S/C16H18N6O2/c23-16(17-9-13-4-2-8-24-13)12-3-1-7-21(10-12)15-6-5-14-19-18-11-22(14)20-15/h2,4-6,8,11-12H,1,3,7,9-10H2,(H,17,23)/t12-/m0/s1. The van der Waals surface area contributed by atoms with Crippen LogP contribution in [0, 0.1) is 5.92 Å². The molecule has 1 aliphatic heterocycles. The van der Waals surface area contributed by atoms with Crippen molar-refractivity contribution in [3.8, 4) is 0 Å². The molecule has 1 atom stereocenters. The van der Waals surface area contributed by atoms with Crippen molar-refractivity contribution >= 4 is 17.4 Å². The molecule has 3 aromatic heterocycles. The number of nitrogens with one attached hydrogen (secondary N) is 1. The molecule has 8 heteroatoms. The maximum Gasteiger partial charge on any atom is 0.225 e. The Bertz CT molecular complexity index is 828. The van der Waals surface area contributed by atoms with Gasteiger partial charge in [-0.25, -0.2) is 0 Å². The van der Waals surface area contributed by atoms with Crippen LogP contribution in [0.3, 0.4) is 0 Å². The molecule has 4 heterocycles. The minimum atomic E-state index is -0.0490. The topological polar surface area (TPSA) is 88.6 Å². The molecule has 0 bridgehead atoms. The summed E-state index contributed by atoms with van der Waals surface area (Å²) in [6, 6.07) is 7.48. The van der Waals surface area contributed by atoms with Gasteiger partial charge >= 0.3 is 0 Å². The van der Waals surface area contributed by atoms with Crippen LogP contribution >= 0.6 is 0 Å². The number of rotatable bonds is 4. The third-order valence-electron chi connectivity index (χ3n) is 4.28. The molecule has 8 nitrogen and oxygen atoms in total. The first kappa shape index (κ1) is 14.7. The van der Waals surface area contributed by atoms with Crippen LogP contribution in [-0.2, 0) is 11.3 Å². The van der Waals surface area contributed by atoms with Crippen LogP contribution in [0.15, 0.2) is 41.3 Å². The Hall–Kier alpha value is -2.90. The maximum absolute atomic E-state index is 12.4. The number of hydrogen-bond acceptors (Lipinski definition) is 6. The molecule has 1 N–H and O–H groups in total. The normalized spacial score (nSPS) is 18.0. The van der Waals surface area contributed by atoms with E-state index in [9.17, 15) is 4.79 Å². The molecular formula is C16H18N6O2. The largest absolute Gasteiger partial charge is 0.467 e. The van der Waals surface area contributed by atoms with Crippen molar-refractivity contribution in [2.24, 2.45) is 5.92 Å². The Labute approximate surface area is 138 Å². The highest BCUT2D eigenvalue weighted by molar-refractivity contribution is 5.79. The molecule has 3 aromatic rings. The average molecular weight is 326 g/mol. The first-order chi connectivity index (χ1) is 11.8.